The van der Waals surface area contributed by atoms with E-state index >= 15 is 0 Å². The van der Waals surface area contributed by atoms with Gasteiger partial charge in [-0.05, 0) is 49.3 Å². The lowest BCUT2D eigenvalue weighted by Gasteiger charge is -2.35. The first-order valence-electron chi connectivity index (χ1n) is 10.6. The molecule has 0 spiro atoms. The summed E-state index contributed by atoms with van der Waals surface area (Å²) in [5.74, 6) is 0.344. The number of hydrogen-bond donors (Lipinski definition) is 0. The molecule has 0 radical (unpaired) electrons. The summed E-state index contributed by atoms with van der Waals surface area (Å²) in [4.78, 5) is 15.0. The average molecular weight is 483 g/mol. The van der Waals surface area contributed by atoms with Crippen LogP contribution in [0.1, 0.15) is 31.2 Å². The molecule has 1 aromatic heterocycles. The van der Waals surface area contributed by atoms with E-state index in [2.05, 4.69) is 0 Å². The van der Waals surface area contributed by atoms with Gasteiger partial charge in [0, 0.05) is 26.2 Å². The van der Waals surface area contributed by atoms with Crippen molar-refractivity contribution in [3.8, 4) is 0 Å². The molecule has 9 heteroatoms. The Morgan fingerprint density at radius 3 is 2.48 bits per heavy atom. The third kappa shape index (κ3) is 5.31. The van der Waals surface area contributed by atoms with Crippen LogP contribution in [-0.4, -0.2) is 55.8 Å². The van der Waals surface area contributed by atoms with Crippen molar-refractivity contribution in [2.75, 3.05) is 26.2 Å². The fourth-order valence-corrected chi connectivity index (χ4v) is 7.54. The van der Waals surface area contributed by atoms with Crippen molar-refractivity contribution < 1.29 is 17.9 Å². The van der Waals surface area contributed by atoms with E-state index in [1.54, 1.807) is 6.07 Å². The van der Waals surface area contributed by atoms with Crippen LogP contribution in [0.25, 0.3) is 0 Å². The number of amides is 1. The van der Waals surface area contributed by atoms with Gasteiger partial charge in [-0.25, -0.2) is 8.42 Å². The third-order valence-electron chi connectivity index (χ3n) is 5.99. The highest BCUT2D eigenvalue weighted by atomic mass is 35.5. The molecule has 2 fully saturated rings. The van der Waals surface area contributed by atoms with Gasteiger partial charge in [0.15, 0.2) is 0 Å². The molecular formula is C22H27ClN2O4S2. The molecular weight excluding hydrogens is 456 g/mol. The number of piperidine rings is 1. The van der Waals surface area contributed by atoms with Crippen LogP contribution in [0.2, 0.25) is 4.34 Å². The van der Waals surface area contributed by atoms with Gasteiger partial charge in [0.2, 0.25) is 5.91 Å². The van der Waals surface area contributed by atoms with Crippen LogP contribution in [0.3, 0.4) is 0 Å². The van der Waals surface area contributed by atoms with E-state index < -0.39 is 16.1 Å². The first-order chi connectivity index (χ1) is 14.9. The van der Waals surface area contributed by atoms with Gasteiger partial charge in [-0.1, -0.05) is 41.9 Å². The van der Waals surface area contributed by atoms with Gasteiger partial charge in [-0.2, -0.15) is 4.31 Å². The Balaban J connectivity index is 1.30. The van der Waals surface area contributed by atoms with Crippen molar-refractivity contribution >= 4 is 38.9 Å². The lowest BCUT2D eigenvalue weighted by molar-refractivity contribution is -0.136. The summed E-state index contributed by atoms with van der Waals surface area (Å²) >= 11 is 6.96. The first-order valence-corrected chi connectivity index (χ1v) is 13.3. The monoisotopic (exact) mass is 482 g/mol. The summed E-state index contributed by atoms with van der Waals surface area (Å²) in [6, 6.07) is 12.6. The maximum absolute atomic E-state index is 13.2. The van der Waals surface area contributed by atoms with Gasteiger partial charge in [0.05, 0.1) is 10.9 Å². The van der Waals surface area contributed by atoms with Crippen LogP contribution in [0, 0.1) is 5.92 Å². The summed E-state index contributed by atoms with van der Waals surface area (Å²) in [6.07, 6.45) is 3.01. The number of ether oxygens (including phenoxy) is 1. The van der Waals surface area contributed by atoms with E-state index in [1.807, 2.05) is 35.2 Å². The molecule has 0 saturated carbocycles. The summed E-state index contributed by atoms with van der Waals surface area (Å²) in [7, 11) is -3.70. The second-order valence-electron chi connectivity index (χ2n) is 8.10. The Morgan fingerprint density at radius 1 is 1.06 bits per heavy atom. The minimum absolute atomic E-state index is 0.0765. The molecule has 2 aliphatic heterocycles. The zero-order valence-corrected chi connectivity index (χ0v) is 19.7. The molecule has 1 atom stereocenters. The maximum Gasteiger partial charge on any atom is 0.253 e. The van der Waals surface area contributed by atoms with Gasteiger partial charge < -0.3 is 9.64 Å². The number of hydrogen-bond acceptors (Lipinski definition) is 5. The molecule has 6 nitrogen and oxygen atoms in total. The average Bonchev–Trinajstić information content (AvgIpc) is 3.45. The number of halogens is 1. The normalized spacial score (nSPS) is 20.9. The highest BCUT2D eigenvalue weighted by Gasteiger charge is 2.42. The molecule has 4 rings (SSSR count). The molecule has 0 aliphatic carbocycles. The van der Waals surface area contributed by atoms with E-state index in [9.17, 15) is 13.2 Å². The van der Waals surface area contributed by atoms with Gasteiger partial charge >= 0.3 is 0 Å². The summed E-state index contributed by atoms with van der Waals surface area (Å²) < 4.78 is 33.9. The maximum atomic E-state index is 13.2. The third-order valence-corrected chi connectivity index (χ3v) is 9.60. The number of thiophene rings is 1. The van der Waals surface area contributed by atoms with Crippen molar-refractivity contribution in [2.45, 2.75) is 42.5 Å². The predicted molar refractivity (Wildman–Crippen MR) is 122 cm³/mol. The number of rotatable bonds is 7. The standard InChI is InChI=1S/C22H27ClN2O4S2/c23-20-8-9-21(30-20)31(27,28)25-12-4-7-19(25)22(26)24-13-10-18(11-14-24)16-29-15-17-5-2-1-3-6-17/h1-3,5-6,8-9,18-19H,4,7,10-16H2. The lowest BCUT2D eigenvalue weighted by atomic mass is 9.97. The number of likely N-dealkylation sites (tertiary alicyclic amines) is 1. The van der Waals surface area contributed by atoms with Gasteiger partial charge in [-0.3, -0.25) is 4.79 Å². The molecule has 0 N–H and O–H groups in total. The molecule has 0 bridgehead atoms. The highest BCUT2D eigenvalue weighted by molar-refractivity contribution is 7.91. The molecule has 2 aromatic rings. The van der Waals surface area contributed by atoms with Crippen LogP contribution >= 0.6 is 22.9 Å². The topological polar surface area (TPSA) is 66.9 Å². The molecule has 168 valence electrons. The molecule has 1 amide bonds. The molecule has 2 saturated heterocycles. The quantitative estimate of drug-likeness (QED) is 0.598. The zero-order valence-electron chi connectivity index (χ0n) is 17.3. The van der Waals surface area contributed by atoms with Gasteiger partial charge in [-0.15, -0.1) is 11.3 Å². The molecule has 3 heterocycles. The Morgan fingerprint density at radius 2 is 1.81 bits per heavy atom. The fourth-order valence-electron chi connectivity index (χ4n) is 4.27. The first kappa shape index (κ1) is 22.7. The van der Waals surface area contributed by atoms with Crippen molar-refractivity contribution in [1.29, 1.82) is 0 Å². The van der Waals surface area contributed by atoms with Crippen LogP contribution in [0.5, 0.6) is 0 Å². The number of carbonyl (C=O) groups excluding carboxylic acids is 1. The lowest BCUT2D eigenvalue weighted by Crippen LogP contribution is -2.50. The molecule has 1 unspecified atom stereocenters. The number of carbonyl (C=O) groups is 1. The summed E-state index contributed by atoms with van der Waals surface area (Å²) in [5.41, 5.74) is 1.16. The second kappa shape index (κ2) is 10.0. The Kier molecular flexibility index (Phi) is 7.33. The molecule has 1 aromatic carbocycles. The Bertz CT molecular complexity index is 988. The largest absolute Gasteiger partial charge is 0.376 e. The zero-order chi connectivity index (χ0) is 21.8. The van der Waals surface area contributed by atoms with Crippen LogP contribution in [-0.2, 0) is 26.2 Å². The predicted octanol–water partition coefficient (Wildman–Crippen LogP) is 4.01. The molecule has 31 heavy (non-hydrogen) atoms. The van der Waals surface area contributed by atoms with E-state index in [0.717, 1.165) is 29.7 Å². The van der Waals surface area contributed by atoms with Gasteiger partial charge in [0.25, 0.3) is 10.0 Å². The number of sulfonamides is 1. The number of nitrogens with zero attached hydrogens (tertiary/aromatic N) is 2. The highest BCUT2D eigenvalue weighted by Crippen LogP contribution is 2.33. The van der Waals surface area contributed by atoms with Crippen molar-refractivity contribution in [2.24, 2.45) is 5.92 Å². The second-order valence-corrected chi connectivity index (χ2v) is 11.9. The van der Waals surface area contributed by atoms with E-state index in [-0.39, 0.29) is 10.1 Å². The van der Waals surface area contributed by atoms with Crippen LogP contribution in [0.15, 0.2) is 46.7 Å². The van der Waals surface area contributed by atoms with Crippen LogP contribution in [0.4, 0.5) is 0 Å². The smallest absolute Gasteiger partial charge is 0.253 e. The van der Waals surface area contributed by atoms with Crippen LogP contribution < -0.4 is 0 Å². The van der Waals surface area contributed by atoms with Crippen molar-refractivity contribution in [3.63, 3.8) is 0 Å². The van der Waals surface area contributed by atoms with Gasteiger partial charge in [0.1, 0.15) is 10.3 Å². The Labute approximate surface area is 192 Å². The SMILES string of the molecule is O=C(C1CCCN1S(=O)(=O)c1ccc(Cl)s1)N1CCC(COCc2ccccc2)CC1. The van der Waals surface area contributed by atoms with E-state index in [4.69, 9.17) is 16.3 Å². The van der Waals surface area contributed by atoms with E-state index in [1.165, 1.54) is 10.4 Å². The number of benzene rings is 1. The minimum atomic E-state index is -3.70. The summed E-state index contributed by atoms with van der Waals surface area (Å²) in [6.45, 7) is 2.94. The Hall–Kier alpha value is -1.45. The fraction of sp³-hybridized carbons (Fsp3) is 0.500. The molecule has 2 aliphatic rings. The summed E-state index contributed by atoms with van der Waals surface area (Å²) in [5, 5.41) is 0. The minimum Gasteiger partial charge on any atom is -0.376 e. The van der Waals surface area contributed by atoms with Crippen molar-refractivity contribution in [3.05, 3.63) is 52.4 Å². The van der Waals surface area contributed by atoms with Crippen molar-refractivity contribution in [1.82, 2.24) is 9.21 Å². The van der Waals surface area contributed by atoms with E-state index in [0.29, 0.717) is 55.9 Å².